The average Bonchev–Trinajstić information content (AvgIpc) is 2.59. The largest absolute Gasteiger partial charge is 0.508 e. The molecule has 1 aromatic carbocycles. The maximum atomic E-state index is 9.77. The summed E-state index contributed by atoms with van der Waals surface area (Å²) < 4.78 is 5.38. The zero-order valence-electron chi connectivity index (χ0n) is 8.62. The lowest BCUT2D eigenvalue weighted by Gasteiger charge is -2.34. The van der Waals surface area contributed by atoms with Crippen molar-refractivity contribution in [2.45, 2.75) is 24.8 Å². The lowest BCUT2D eigenvalue weighted by molar-refractivity contribution is 0.0623. The van der Waals surface area contributed by atoms with Crippen LogP contribution in [-0.4, -0.2) is 23.9 Å². The molecule has 2 N–H and O–H groups in total. The number of fused-ring (bicyclic) bond motifs is 1. The van der Waals surface area contributed by atoms with Gasteiger partial charge in [-0.15, -0.1) is 0 Å². The van der Waals surface area contributed by atoms with Gasteiger partial charge in [-0.3, -0.25) is 0 Å². The van der Waals surface area contributed by atoms with Crippen molar-refractivity contribution in [1.82, 2.24) is 0 Å². The number of hydrogen-bond donors (Lipinski definition) is 2. The Bertz CT molecular complexity index is 383. The first kappa shape index (κ1) is 9.04. The van der Waals surface area contributed by atoms with Gasteiger partial charge in [0.1, 0.15) is 5.75 Å². The number of ether oxygens (including phenoxy) is 1. The summed E-state index contributed by atoms with van der Waals surface area (Å²) in [5, 5.41) is 13.3. The molecule has 0 unspecified atom stereocenters. The maximum Gasteiger partial charge on any atom is 0.120 e. The Kier molecular flexibility index (Phi) is 1.89. The quantitative estimate of drug-likeness (QED) is 0.679. The van der Waals surface area contributed by atoms with Gasteiger partial charge in [0.2, 0.25) is 0 Å². The van der Waals surface area contributed by atoms with E-state index in [-0.39, 0.29) is 5.54 Å². The predicted molar refractivity (Wildman–Crippen MR) is 58.2 cm³/mol. The van der Waals surface area contributed by atoms with Crippen molar-refractivity contribution in [3.05, 3.63) is 23.8 Å². The number of anilines is 1. The van der Waals surface area contributed by atoms with Crippen molar-refractivity contribution < 1.29 is 9.84 Å². The summed E-state index contributed by atoms with van der Waals surface area (Å²) in [5.74, 6) is 0.420. The highest BCUT2D eigenvalue weighted by Crippen LogP contribution is 2.41. The van der Waals surface area contributed by atoms with Crippen LogP contribution < -0.4 is 5.32 Å². The molecule has 0 aromatic heterocycles. The molecule has 0 amide bonds. The Balaban J connectivity index is 1.94. The molecule has 2 aliphatic rings. The third-order valence-electron chi connectivity index (χ3n) is 3.52. The monoisotopic (exact) mass is 205 g/mol. The van der Waals surface area contributed by atoms with Gasteiger partial charge in [-0.2, -0.15) is 0 Å². The molecular formula is C12H15NO2. The van der Waals surface area contributed by atoms with E-state index in [0.717, 1.165) is 43.7 Å². The van der Waals surface area contributed by atoms with Crippen LogP contribution in [0.25, 0.3) is 0 Å². The molecule has 0 atom stereocenters. The van der Waals surface area contributed by atoms with E-state index in [0.29, 0.717) is 5.75 Å². The number of phenolic OH excluding ortho intramolecular Hbond substituents is 1. The van der Waals surface area contributed by atoms with E-state index < -0.39 is 0 Å². The van der Waals surface area contributed by atoms with Crippen LogP contribution in [-0.2, 0) is 11.2 Å². The van der Waals surface area contributed by atoms with Crippen molar-refractivity contribution in [3.63, 3.8) is 0 Å². The van der Waals surface area contributed by atoms with Gasteiger partial charge >= 0.3 is 0 Å². The van der Waals surface area contributed by atoms with Crippen LogP contribution in [0.5, 0.6) is 5.75 Å². The lowest BCUT2D eigenvalue weighted by Crippen LogP contribution is -2.41. The number of rotatable bonds is 0. The molecule has 2 aliphatic heterocycles. The normalized spacial score (nSPS) is 22.4. The molecule has 0 saturated carbocycles. The highest BCUT2D eigenvalue weighted by atomic mass is 16.5. The first-order chi connectivity index (χ1) is 7.29. The van der Waals surface area contributed by atoms with E-state index >= 15 is 0 Å². The number of nitrogens with one attached hydrogen (secondary N) is 1. The van der Waals surface area contributed by atoms with E-state index in [1.807, 2.05) is 12.1 Å². The Morgan fingerprint density at radius 2 is 2.07 bits per heavy atom. The molecule has 1 aromatic rings. The molecule has 0 radical (unpaired) electrons. The molecule has 3 heteroatoms. The van der Waals surface area contributed by atoms with E-state index in [1.165, 1.54) is 0 Å². The van der Waals surface area contributed by atoms with Gasteiger partial charge in [-0.1, -0.05) is 6.07 Å². The summed E-state index contributed by atoms with van der Waals surface area (Å²) >= 11 is 0. The zero-order valence-corrected chi connectivity index (χ0v) is 8.62. The summed E-state index contributed by atoms with van der Waals surface area (Å²) in [7, 11) is 0. The standard InChI is InChI=1S/C12H15NO2/c14-11-3-1-2-10-9(11)8-12(13-10)4-6-15-7-5-12/h1-3,13-14H,4-8H2. The van der Waals surface area contributed by atoms with Crippen molar-refractivity contribution in [3.8, 4) is 5.75 Å². The SMILES string of the molecule is Oc1cccc2c1CC1(CCOCC1)N2. The second kappa shape index (κ2) is 3.14. The van der Waals surface area contributed by atoms with E-state index in [1.54, 1.807) is 6.07 Å². The van der Waals surface area contributed by atoms with Crippen molar-refractivity contribution in [2.75, 3.05) is 18.5 Å². The van der Waals surface area contributed by atoms with Gasteiger partial charge in [-0.25, -0.2) is 0 Å². The first-order valence-electron chi connectivity index (χ1n) is 5.46. The summed E-state index contributed by atoms with van der Waals surface area (Å²) in [5.41, 5.74) is 2.30. The Labute approximate surface area is 89.1 Å². The minimum Gasteiger partial charge on any atom is -0.508 e. The maximum absolute atomic E-state index is 9.77. The summed E-state index contributed by atoms with van der Waals surface area (Å²) in [6, 6.07) is 5.69. The van der Waals surface area contributed by atoms with Crippen LogP contribution in [0, 0.1) is 0 Å². The summed E-state index contributed by atoms with van der Waals surface area (Å²) in [6.45, 7) is 1.64. The van der Waals surface area contributed by atoms with Crippen LogP contribution in [0.1, 0.15) is 18.4 Å². The van der Waals surface area contributed by atoms with E-state index in [9.17, 15) is 5.11 Å². The molecule has 0 aliphatic carbocycles. The fourth-order valence-corrected chi connectivity index (χ4v) is 2.61. The van der Waals surface area contributed by atoms with E-state index in [4.69, 9.17) is 4.74 Å². The minimum absolute atomic E-state index is 0.138. The fourth-order valence-electron chi connectivity index (χ4n) is 2.61. The van der Waals surface area contributed by atoms with Gasteiger partial charge in [0.05, 0.1) is 0 Å². The van der Waals surface area contributed by atoms with Crippen molar-refractivity contribution >= 4 is 5.69 Å². The van der Waals surface area contributed by atoms with Crippen LogP contribution in [0.3, 0.4) is 0 Å². The Morgan fingerprint density at radius 1 is 1.27 bits per heavy atom. The third-order valence-corrected chi connectivity index (χ3v) is 3.52. The highest BCUT2D eigenvalue weighted by Gasteiger charge is 2.39. The molecule has 3 rings (SSSR count). The number of aromatic hydroxyl groups is 1. The van der Waals surface area contributed by atoms with Gasteiger partial charge in [-0.05, 0) is 25.0 Å². The third kappa shape index (κ3) is 1.38. The topological polar surface area (TPSA) is 41.5 Å². The number of benzene rings is 1. The predicted octanol–water partition coefficient (Wildman–Crippen LogP) is 1.91. The van der Waals surface area contributed by atoms with Crippen molar-refractivity contribution in [1.29, 1.82) is 0 Å². The van der Waals surface area contributed by atoms with Crippen LogP contribution in [0.4, 0.5) is 5.69 Å². The molecule has 1 saturated heterocycles. The number of hydrogen-bond acceptors (Lipinski definition) is 3. The minimum atomic E-state index is 0.138. The Hall–Kier alpha value is -1.22. The van der Waals surface area contributed by atoms with Gasteiger partial charge < -0.3 is 15.2 Å². The lowest BCUT2D eigenvalue weighted by atomic mass is 9.87. The number of phenols is 1. The smallest absolute Gasteiger partial charge is 0.120 e. The molecule has 3 nitrogen and oxygen atoms in total. The summed E-state index contributed by atoms with van der Waals surface area (Å²) in [6.07, 6.45) is 2.99. The van der Waals surface area contributed by atoms with E-state index in [2.05, 4.69) is 5.32 Å². The molecule has 2 heterocycles. The summed E-state index contributed by atoms with van der Waals surface area (Å²) in [4.78, 5) is 0. The van der Waals surface area contributed by atoms with Gasteiger partial charge in [0.25, 0.3) is 0 Å². The zero-order chi connectivity index (χ0) is 10.3. The molecule has 80 valence electrons. The highest BCUT2D eigenvalue weighted by molar-refractivity contribution is 5.63. The molecular weight excluding hydrogens is 190 g/mol. The average molecular weight is 205 g/mol. The van der Waals surface area contributed by atoms with Gasteiger partial charge in [0, 0.05) is 36.4 Å². The molecule has 0 bridgehead atoms. The first-order valence-corrected chi connectivity index (χ1v) is 5.46. The van der Waals surface area contributed by atoms with Crippen LogP contribution in [0.15, 0.2) is 18.2 Å². The molecule has 1 fully saturated rings. The van der Waals surface area contributed by atoms with Crippen molar-refractivity contribution in [2.24, 2.45) is 0 Å². The second-order valence-corrected chi connectivity index (χ2v) is 4.50. The second-order valence-electron chi connectivity index (χ2n) is 4.50. The van der Waals surface area contributed by atoms with Gasteiger partial charge in [0.15, 0.2) is 0 Å². The van der Waals surface area contributed by atoms with Crippen LogP contribution in [0.2, 0.25) is 0 Å². The fraction of sp³-hybridized carbons (Fsp3) is 0.500. The molecule has 1 spiro atoms. The molecule has 15 heavy (non-hydrogen) atoms. The Morgan fingerprint density at radius 3 is 2.80 bits per heavy atom. The van der Waals surface area contributed by atoms with Crippen LogP contribution >= 0.6 is 0 Å².